The number of hydrogen-bond donors (Lipinski definition) is 1. The van der Waals surface area contributed by atoms with E-state index in [-0.39, 0.29) is 36.2 Å². The molecule has 1 heterocycles. The fourth-order valence-electron chi connectivity index (χ4n) is 5.77. The molecule has 2 aliphatic rings. The maximum Gasteiger partial charge on any atom is 0.315 e. The number of carbonyl (C=O) groups excluding carboxylic acids is 2. The van der Waals surface area contributed by atoms with Crippen molar-refractivity contribution in [3.8, 4) is 23.0 Å². The highest BCUT2D eigenvalue weighted by atomic mass is 16.5. The number of rotatable bonds is 8. The van der Waals surface area contributed by atoms with Crippen LogP contribution in [0.3, 0.4) is 0 Å². The second-order valence-corrected chi connectivity index (χ2v) is 10.2. The number of allylic oxidation sites excluding steroid dienone is 2. The molecule has 0 spiro atoms. The van der Waals surface area contributed by atoms with Crippen LogP contribution in [0.2, 0.25) is 0 Å². The van der Waals surface area contributed by atoms with Crippen molar-refractivity contribution in [2.75, 3.05) is 21.3 Å². The van der Waals surface area contributed by atoms with Gasteiger partial charge in [0.15, 0.2) is 28.8 Å². The maximum absolute atomic E-state index is 13.9. The number of aromatic hydroxyl groups is 1. The Balaban J connectivity index is 1.53. The quantitative estimate of drug-likeness (QED) is 0.354. The van der Waals surface area contributed by atoms with Crippen molar-refractivity contribution in [3.63, 3.8) is 0 Å². The molecule has 0 saturated carbocycles. The normalized spacial score (nSPS) is 20.1. The van der Waals surface area contributed by atoms with E-state index in [9.17, 15) is 14.7 Å². The summed E-state index contributed by atoms with van der Waals surface area (Å²) in [5.41, 5.74) is 4.20. The lowest BCUT2D eigenvalue weighted by molar-refractivity contribution is -0.148. The van der Waals surface area contributed by atoms with E-state index in [0.29, 0.717) is 40.5 Å². The Kier molecular flexibility index (Phi) is 8.10. The molecule has 1 aliphatic carbocycles. The highest BCUT2D eigenvalue weighted by Crippen LogP contribution is 2.48. The first-order valence-electron chi connectivity index (χ1n) is 13.4. The van der Waals surface area contributed by atoms with Crippen molar-refractivity contribution in [1.82, 2.24) is 0 Å². The minimum atomic E-state index is -0.812. The predicted molar refractivity (Wildman–Crippen MR) is 154 cm³/mol. The summed E-state index contributed by atoms with van der Waals surface area (Å²) in [6, 6.07) is 20.0. The van der Waals surface area contributed by atoms with Gasteiger partial charge in [-0.3, -0.25) is 14.6 Å². The molecule has 0 bridgehead atoms. The SMILES string of the molecule is COc1cc([C@@H]2C3=C(C[C@H](c4ccc(OC)c(OC)c4)CC3=O)N=C(C)C2C(=O)OCc2ccccc2)ccc1O. The second kappa shape index (κ2) is 11.9. The molecule has 8 heteroatoms. The van der Waals surface area contributed by atoms with Gasteiger partial charge in [-0.05, 0) is 60.2 Å². The van der Waals surface area contributed by atoms with Crippen LogP contribution in [-0.4, -0.2) is 43.9 Å². The van der Waals surface area contributed by atoms with Crippen LogP contribution in [0.25, 0.3) is 0 Å². The standard InChI is InChI=1S/C33H33NO7/c1-19-30(33(37)41-18-20-8-6-5-7-9-20)31(22-10-12-25(35)28(17-22)39-3)32-24(34-19)14-23(15-26(32)36)21-11-13-27(38-2)29(16-21)40-4/h5-13,16-17,23,30-31,35H,14-15,18H2,1-4H3/t23-,30?,31-/m0/s1. The van der Waals surface area contributed by atoms with Crippen molar-refractivity contribution in [3.05, 3.63) is 94.7 Å². The van der Waals surface area contributed by atoms with E-state index in [1.807, 2.05) is 48.5 Å². The number of esters is 1. The lowest BCUT2D eigenvalue weighted by atomic mass is 9.69. The smallest absolute Gasteiger partial charge is 0.315 e. The molecule has 0 amide bonds. The Morgan fingerprint density at radius 3 is 2.27 bits per heavy atom. The topological polar surface area (TPSA) is 104 Å². The Hall–Kier alpha value is -4.59. The van der Waals surface area contributed by atoms with Gasteiger partial charge < -0.3 is 24.1 Å². The van der Waals surface area contributed by atoms with Crippen LogP contribution in [0.4, 0.5) is 0 Å². The van der Waals surface area contributed by atoms with Gasteiger partial charge >= 0.3 is 5.97 Å². The first-order chi connectivity index (χ1) is 19.8. The molecule has 0 saturated heterocycles. The van der Waals surface area contributed by atoms with E-state index < -0.39 is 17.8 Å². The van der Waals surface area contributed by atoms with Crippen LogP contribution in [0, 0.1) is 5.92 Å². The van der Waals surface area contributed by atoms with Crippen LogP contribution in [0.1, 0.15) is 48.3 Å². The van der Waals surface area contributed by atoms with E-state index >= 15 is 0 Å². The van der Waals surface area contributed by atoms with Gasteiger partial charge in [0.25, 0.3) is 0 Å². The molecule has 0 aromatic heterocycles. The molecule has 5 rings (SSSR count). The van der Waals surface area contributed by atoms with Gasteiger partial charge in [0.05, 0.1) is 21.3 Å². The number of methoxy groups -OCH3 is 3. The zero-order valence-electron chi connectivity index (χ0n) is 23.5. The molecule has 3 atom stereocenters. The molecule has 8 nitrogen and oxygen atoms in total. The van der Waals surface area contributed by atoms with Crippen molar-refractivity contribution in [2.45, 2.75) is 38.2 Å². The van der Waals surface area contributed by atoms with Gasteiger partial charge in [-0.1, -0.05) is 42.5 Å². The molecule has 0 radical (unpaired) electrons. The van der Waals surface area contributed by atoms with Gasteiger partial charge in [0.2, 0.25) is 0 Å². The average Bonchev–Trinajstić information content (AvgIpc) is 2.99. The number of nitrogens with zero attached hydrogens (tertiary/aromatic N) is 1. The van der Waals surface area contributed by atoms with Gasteiger partial charge in [0.1, 0.15) is 12.5 Å². The van der Waals surface area contributed by atoms with Crippen molar-refractivity contribution < 1.29 is 33.6 Å². The Labute approximate surface area is 239 Å². The van der Waals surface area contributed by atoms with Crippen LogP contribution < -0.4 is 14.2 Å². The molecule has 41 heavy (non-hydrogen) atoms. The lowest BCUT2D eigenvalue weighted by Gasteiger charge is -2.36. The molecular weight excluding hydrogens is 522 g/mol. The monoisotopic (exact) mass is 555 g/mol. The first-order valence-corrected chi connectivity index (χ1v) is 13.4. The Bertz CT molecular complexity index is 1530. The molecule has 212 valence electrons. The highest BCUT2D eigenvalue weighted by Gasteiger charge is 2.45. The third kappa shape index (κ3) is 5.55. The minimum absolute atomic E-state index is 0.0293. The van der Waals surface area contributed by atoms with Crippen LogP contribution in [0.15, 0.2) is 83.0 Å². The van der Waals surface area contributed by atoms with E-state index in [4.69, 9.17) is 23.9 Å². The zero-order chi connectivity index (χ0) is 29.1. The number of phenols is 1. The van der Waals surface area contributed by atoms with E-state index in [1.54, 1.807) is 33.3 Å². The van der Waals surface area contributed by atoms with E-state index in [2.05, 4.69) is 0 Å². The number of phenolic OH excluding ortho intramolecular Hbond substituents is 1. The summed E-state index contributed by atoms with van der Waals surface area (Å²) in [7, 11) is 4.62. The summed E-state index contributed by atoms with van der Waals surface area (Å²) in [5, 5.41) is 10.3. The van der Waals surface area contributed by atoms with Crippen LogP contribution in [-0.2, 0) is 20.9 Å². The summed E-state index contributed by atoms with van der Waals surface area (Å²) >= 11 is 0. The summed E-state index contributed by atoms with van der Waals surface area (Å²) < 4.78 is 22.0. The average molecular weight is 556 g/mol. The summed E-state index contributed by atoms with van der Waals surface area (Å²) in [5.74, 6) is -0.680. The van der Waals surface area contributed by atoms with E-state index in [1.165, 1.54) is 13.2 Å². The summed E-state index contributed by atoms with van der Waals surface area (Å²) in [4.78, 5) is 32.4. The lowest BCUT2D eigenvalue weighted by Crippen LogP contribution is -2.38. The fourth-order valence-corrected chi connectivity index (χ4v) is 5.77. The number of ketones is 1. The first kappa shape index (κ1) is 28.0. The van der Waals surface area contributed by atoms with Crippen molar-refractivity contribution in [1.29, 1.82) is 0 Å². The molecule has 3 aromatic rings. The number of hydrogen-bond acceptors (Lipinski definition) is 8. The Morgan fingerprint density at radius 1 is 0.878 bits per heavy atom. The maximum atomic E-state index is 13.9. The molecule has 0 fully saturated rings. The highest BCUT2D eigenvalue weighted by molar-refractivity contribution is 6.09. The van der Waals surface area contributed by atoms with Gasteiger partial charge in [-0.2, -0.15) is 0 Å². The second-order valence-electron chi connectivity index (χ2n) is 10.2. The van der Waals surface area contributed by atoms with Crippen LogP contribution >= 0.6 is 0 Å². The molecule has 1 unspecified atom stereocenters. The predicted octanol–water partition coefficient (Wildman–Crippen LogP) is 5.74. The zero-order valence-corrected chi connectivity index (χ0v) is 23.5. The molecular formula is C33H33NO7. The van der Waals surface area contributed by atoms with E-state index in [0.717, 1.165) is 11.1 Å². The number of carbonyl (C=O) groups is 2. The van der Waals surface area contributed by atoms with Crippen molar-refractivity contribution >= 4 is 17.5 Å². The molecule has 1 aliphatic heterocycles. The van der Waals surface area contributed by atoms with Crippen molar-refractivity contribution in [2.24, 2.45) is 10.9 Å². The number of benzene rings is 3. The van der Waals surface area contributed by atoms with Gasteiger partial charge in [-0.15, -0.1) is 0 Å². The Morgan fingerprint density at radius 2 is 1.56 bits per heavy atom. The third-order valence-electron chi connectivity index (χ3n) is 7.81. The summed E-state index contributed by atoms with van der Waals surface area (Å²) in [6.45, 7) is 1.91. The summed E-state index contributed by atoms with van der Waals surface area (Å²) in [6.07, 6.45) is 0.770. The minimum Gasteiger partial charge on any atom is -0.504 e. The van der Waals surface area contributed by atoms with Crippen LogP contribution in [0.5, 0.6) is 23.0 Å². The number of Topliss-reactive ketones (excluding diaryl/α,β-unsaturated/α-hetero) is 1. The van der Waals surface area contributed by atoms with Gasteiger partial charge in [0, 0.05) is 29.3 Å². The molecule has 3 aromatic carbocycles. The number of aliphatic imine (C=N–C) groups is 1. The van der Waals surface area contributed by atoms with Gasteiger partial charge in [-0.25, -0.2) is 0 Å². The molecule has 1 N–H and O–H groups in total. The third-order valence-corrected chi connectivity index (χ3v) is 7.81. The fraction of sp³-hybridized carbons (Fsp3) is 0.303. The largest absolute Gasteiger partial charge is 0.504 e. The number of ether oxygens (including phenoxy) is 4.